The van der Waals surface area contributed by atoms with E-state index in [9.17, 15) is 0 Å². The highest BCUT2D eigenvalue weighted by molar-refractivity contribution is 8.02. The summed E-state index contributed by atoms with van der Waals surface area (Å²) in [7, 11) is 3.69. The third kappa shape index (κ3) is 4.02. The fraction of sp³-hybridized carbons (Fsp3) is 0. The minimum Gasteiger partial charge on any atom is -1.00 e. The molecule has 0 spiro atoms. The van der Waals surface area contributed by atoms with Gasteiger partial charge in [-0.05, 0) is 29.5 Å². The second-order valence-corrected chi connectivity index (χ2v) is 7.36. The molecule has 0 nitrogen and oxygen atoms in total. The largest absolute Gasteiger partial charge is 1.00 e. The maximum Gasteiger partial charge on any atom is 0.308 e. The Morgan fingerprint density at radius 2 is 1.47 bits per heavy atom. The third-order valence-corrected chi connectivity index (χ3v) is 6.35. The van der Waals surface area contributed by atoms with Crippen molar-refractivity contribution in [2.45, 2.75) is 9.10 Å². The Labute approximate surface area is 141 Å². The molecule has 3 aromatic rings. The Morgan fingerprint density at radius 3 is 2.16 bits per heavy atom. The highest BCUT2D eigenvalue weighted by Gasteiger charge is 2.15. The first-order valence-corrected chi connectivity index (χ1v) is 8.60. The fourth-order valence-electron chi connectivity index (χ4n) is 1.63. The van der Waals surface area contributed by atoms with Crippen molar-refractivity contribution < 1.29 is 24.0 Å². The second-order valence-electron chi connectivity index (χ2n) is 3.78. The van der Waals surface area contributed by atoms with Gasteiger partial charge in [0.1, 0.15) is 0 Å². The van der Waals surface area contributed by atoms with Crippen LogP contribution in [0.3, 0.4) is 0 Å². The molecular weight excluding hydrogens is 403 g/mol. The molecule has 0 amide bonds. The predicted octanol–water partition coefficient (Wildman–Crippen LogP) is 2.91. The van der Waals surface area contributed by atoms with E-state index < -0.39 is 0 Å². The van der Waals surface area contributed by atoms with E-state index in [4.69, 9.17) is 0 Å². The molecule has 19 heavy (non-hydrogen) atoms. The highest BCUT2D eigenvalue weighted by Crippen LogP contribution is 2.39. The lowest BCUT2D eigenvalue weighted by Gasteiger charge is -1.92. The zero-order chi connectivity index (χ0) is 12.2. The molecule has 0 atom stereocenters. The van der Waals surface area contributed by atoms with Gasteiger partial charge >= 0.3 is 10.3 Å². The molecule has 0 aliphatic heterocycles. The van der Waals surface area contributed by atoms with E-state index in [0.717, 1.165) is 0 Å². The molecule has 3 rings (SSSR count). The summed E-state index contributed by atoms with van der Waals surface area (Å²) in [6, 6.07) is 23.3. The van der Waals surface area contributed by atoms with E-state index in [0.29, 0.717) is 0 Å². The molecule has 0 aliphatic carbocycles. The Morgan fingerprint density at radius 1 is 0.842 bits per heavy atom. The first kappa shape index (κ1) is 15.0. The van der Waals surface area contributed by atoms with Crippen LogP contribution in [-0.4, -0.2) is 0 Å². The van der Waals surface area contributed by atoms with E-state index in [1.807, 2.05) is 32.4 Å². The van der Waals surface area contributed by atoms with Crippen LogP contribution in [0.1, 0.15) is 0 Å². The first-order chi connectivity index (χ1) is 8.92. The van der Waals surface area contributed by atoms with Gasteiger partial charge in [-0.15, -0.1) is 0 Å². The monoisotopic (exact) mass is 414 g/mol. The molecule has 4 heteroatoms. The van der Waals surface area contributed by atoms with Crippen LogP contribution in [0.5, 0.6) is 0 Å². The average Bonchev–Trinajstić information content (AvgIpc) is 2.89. The molecule has 2 aromatic carbocycles. The SMILES string of the molecule is [I-].c1ccc(Sc2cc(-c3ccccc3)s[s+]2)cc1. The normalized spacial score (nSPS) is 9.89. The predicted molar refractivity (Wildman–Crippen MR) is 82.6 cm³/mol. The molecule has 0 bridgehead atoms. The zero-order valence-electron chi connectivity index (χ0n) is 9.95. The molecule has 0 saturated carbocycles. The van der Waals surface area contributed by atoms with Crippen LogP contribution in [0, 0.1) is 0 Å². The molecular formula is C15H11IS3. The van der Waals surface area contributed by atoms with Gasteiger partial charge in [-0.25, -0.2) is 0 Å². The minimum atomic E-state index is 0. The van der Waals surface area contributed by atoms with E-state index in [1.54, 1.807) is 0 Å². The average molecular weight is 414 g/mol. The number of rotatable bonds is 3. The van der Waals surface area contributed by atoms with Crippen LogP contribution in [0.4, 0.5) is 0 Å². The molecule has 0 aliphatic rings. The summed E-state index contributed by atoms with van der Waals surface area (Å²) in [5.41, 5.74) is 1.30. The zero-order valence-corrected chi connectivity index (χ0v) is 14.6. The highest BCUT2D eigenvalue weighted by atomic mass is 127. The van der Waals surface area contributed by atoms with E-state index in [2.05, 4.69) is 66.7 Å². The molecule has 0 radical (unpaired) electrons. The van der Waals surface area contributed by atoms with Gasteiger partial charge < -0.3 is 24.0 Å². The summed E-state index contributed by atoms with van der Waals surface area (Å²) >= 11 is 1.83. The molecule has 0 unspecified atom stereocenters. The van der Waals surface area contributed by atoms with Crippen LogP contribution in [0.2, 0.25) is 0 Å². The molecule has 0 saturated heterocycles. The van der Waals surface area contributed by atoms with Crippen molar-refractivity contribution in [3.8, 4) is 10.4 Å². The Bertz CT molecular complexity index is 620. The smallest absolute Gasteiger partial charge is 0.308 e. The molecule has 1 heterocycles. The fourth-order valence-corrected chi connectivity index (χ4v) is 5.34. The van der Waals surface area contributed by atoms with Gasteiger partial charge in [-0.1, -0.05) is 48.5 Å². The summed E-state index contributed by atoms with van der Waals surface area (Å²) in [6.45, 7) is 0. The Balaban J connectivity index is 0.00000133. The molecule has 0 fully saturated rings. The summed E-state index contributed by atoms with van der Waals surface area (Å²) in [5, 5.41) is 0. The van der Waals surface area contributed by atoms with Crippen LogP contribution < -0.4 is 24.0 Å². The lowest BCUT2D eigenvalue weighted by Crippen LogP contribution is -3.00. The topological polar surface area (TPSA) is 0 Å². The van der Waals surface area contributed by atoms with Gasteiger partial charge in [0.15, 0.2) is 10.3 Å². The Kier molecular flexibility index (Phi) is 5.81. The van der Waals surface area contributed by atoms with E-state index in [1.165, 1.54) is 19.5 Å². The van der Waals surface area contributed by atoms with Crippen molar-refractivity contribution in [1.29, 1.82) is 0 Å². The van der Waals surface area contributed by atoms with Crippen LogP contribution in [-0.2, 0) is 0 Å². The number of hydrogen-bond donors (Lipinski definition) is 0. The van der Waals surface area contributed by atoms with E-state index >= 15 is 0 Å². The van der Waals surface area contributed by atoms with Crippen LogP contribution in [0.25, 0.3) is 10.4 Å². The lowest BCUT2D eigenvalue weighted by atomic mass is 10.2. The number of benzene rings is 2. The number of halogens is 1. The summed E-state index contributed by atoms with van der Waals surface area (Å²) in [6.07, 6.45) is 0. The van der Waals surface area contributed by atoms with Crippen LogP contribution >= 0.6 is 32.4 Å². The van der Waals surface area contributed by atoms with Gasteiger partial charge in [0, 0.05) is 11.0 Å². The molecule has 96 valence electrons. The third-order valence-electron chi connectivity index (χ3n) is 2.48. The van der Waals surface area contributed by atoms with Crippen molar-refractivity contribution in [1.82, 2.24) is 0 Å². The summed E-state index contributed by atoms with van der Waals surface area (Å²) < 4.78 is 1.35. The second kappa shape index (κ2) is 7.38. The maximum absolute atomic E-state index is 2.28. The van der Waals surface area contributed by atoms with Crippen LogP contribution in [0.15, 0.2) is 75.8 Å². The quantitative estimate of drug-likeness (QED) is 0.361. The van der Waals surface area contributed by atoms with Crippen molar-refractivity contribution in [3.63, 3.8) is 0 Å². The molecule has 0 N–H and O–H groups in total. The van der Waals surface area contributed by atoms with E-state index in [-0.39, 0.29) is 24.0 Å². The summed E-state index contributed by atoms with van der Waals surface area (Å²) in [5.74, 6) is 0. The van der Waals surface area contributed by atoms with Gasteiger partial charge in [0.05, 0.1) is 4.88 Å². The first-order valence-electron chi connectivity index (χ1n) is 5.63. The standard InChI is InChI=1S/C15H11S3.HI/c1-3-7-12(8-4-1)14-11-15(18-17-14)16-13-9-5-2-6-10-13;/h1-11H;1H/q+1;/p-1. The lowest BCUT2D eigenvalue weighted by molar-refractivity contribution is -0.00000327. The maximum atomic E-state index is 2.28. The Hall–Kier alpha value is -0.430. The van der Waals surface area contributed by atoms with Crippen molar-refractivity contribution in [2.75, 3.05) is 0 Å². The molecule has 1 aromatic heterocycles. The van der Waals surface area contributed by atoms with Gasteiger partial charge in [0.2, 0.25) is 0 Å². The van der Waals surface area contributed by atoms with Crippen molar-refractivity contribution in [2.24, 2.45) is 0 Å². The minimum absolute atomic E-state index is 0. The number of hydrogen-bond acceptors (Lipinski definition) is 2. The van der Waals surface area contributed by atoms with Crippen molar-refractivity contribution in [3.05, 3.63) is 66.7 Å². The summed E-state index contributed by atoms with van der Waals surface area (Å²) in [4.78, 5) is 2.64. The van der Waals surface area contributed by atoms with Gasteiger partial charge in [-0.3, -0.25) is 0 Å². The van der Waals surface area contributed by atoms with Gasteiger partial charge in [0.25, 0.3) is 4.21 Å². The van der Waals surface area contributed by atoms with Gasteiger partial charge in [-0.2, -0.15) is 0 Å². The van der Waals surface area contributed by atoms with Crippen molar-refractivity contribution >= 4 is 32.4 Å².